The van der Waals surface area contributed by atoms with Gasteiger partial charge in [-0.05, 0) is 43.9 Å². The molecule has 2 N–H and O–H groups in total. The van der Waals surface area contributed by atoms with Gasteiger partial charge in [0.2, 0.25) is 10.0 Å². The molecule has 2 heterocycles. The predicted octanol–water partition coefficient (Wildman–Crippen LogP) is 0.205. The second-order valence-electron chi connectivity index (χ2n) is 7.66. The number of piperidine rings is 1. The fourth-order valence-electron chi connectivity index (χ4n) is 3.88. The summed E-state index contributed by atoms with van der Waals surface area (Å²) in [5.41, 5.74) is 1.21. The van der Waals surface area contributed by atoms with Crippen LogP contribution in [0.1, 0.15) is 41.6 Å². The van der Waals surface area contributed by atoms with E-state index in [0.29, 0.717) is 38.4 Å². The summed E-state index contributed by atoms with van der Waals surface area (Å²) in [6.45, 7) is 7.47. The van der Waals surface area contributed by atoms with Gasteiger partial charge in [0.15, 0.2) is 0 Å². The van der Waals surface area contributed by atoms with Crippen molar-refractivity contribution < 1.29 is 22.8 Å². The summed E-state index contributed by atoms with van der Waals surface area (Å²) in [5.74, 6) is -0.204. The number of likely N-dealkylation sites (tertiary alicyclic amines) is 1. The third kappa shape index (κ3) is 5.31. The number of amides is 1. The third-order valence-corrected chi connectivity index (χ3v) is 7.51. The molecule has 2 fully saturated rings. The van der Waals surface area contributed by atoms with Crippen LogP contribution in [-0.2, 0) is 14.8 Å². The van der Waals surface area contributed by atoms with E-state index >= 15 is 0 Å². The molecule has 2 saturated heterocycles. The number of nitrogens with one attached hydrogen (secondary N) is 2. The number of ether oxygens (including phenoxy) is 1. The molecule has 0 saturated carbocycles. The molecule has 3 rings (SSSR count). The van der Waals surface area contributed by atoms with E-state index in [9.17, 15) is 13.2 Å². The van der Waals surface area contributed by atoms with Crippen molar-refractivity contribution in [1.29, 1.82) is 0 Å². The zero-order chi connectivity index (χ0) is 20.0. The van der Waals surface area contributed by atoms with E-state index in [4.69, 9.17) is 4.74 Å². The van der Waals surface area contributed by atoms with Crippen LogP contribution in [0.4, 0.5) is 0 Å². The van der Waals surface area contributed by atoms with Gasteiger partial charge in [0.05, 0.1) is 37.7 Å². The summed E-state index contributed by atoms with van der Waals surface area (Å²) < 4.78 is 32.3. The van der Waals surface area contributed by atoms with Crippen molar-refractivity contribution in [3.05, 3.63) is 29.3 Å². The van der Waals surface area contributed by atoms with Gasteiger partial charge in [-0.1, -0.05) is 6.07 Å². The van der Waals surface area contributed by atoms with Crippen molar-refractivity contribution in [3.8, 4) is 0 Å². The summed E-state index contributed by atoms with van der Waals surface area (Å²) in [7, 11) is -3.60. The van der Waals surface area contributed by atoms with E-state index < -0.39 is 10.0 Å². The van der Waals surface area contributed by atoms with E-state index in [-0.39, 0.29) is 10.8 Å². The SMILES string of the molecule is Cc1ccc(S(=O)(=O)N2CCOCC2)cc1C(=O)NCCC[NH+]1CCCCC1. The highest BCUT2D eigenvalue weighted by atomic mass is 32.2. The maximum atomic E-state index is 12.8. The second kappa shape index (κ2) is 9.82. The number of quaternary nitrogens is 1. The molecular weight excluding hydrogens is 378 g/mol. The summed E-state index contributed by atoms with van der Waals surface area (Å²) >= 11 is 0. The highest BCUT2D eigenvalue weighted by Crippen LogP contribution is 2.20. The van der Waals surface area contributed by atoms with E-state index in [1.165, 1.54) is 42.7 Å². The van der Waals surface area contributed by atoms with Gasteiger partial charge in [-0.25, -0.2) is 8.42 Å². The van der Waals surface area contributed by atoms with Gasteiger partial charge in [-0.15, -0.1) is 0 Å². The zero-order valence-electron chi connectivity index (χ0n) is 16.7. The van der Waals surface area contributed by atoms with Gasteiger partial charge in [0, 0.05) is 31.6 Å². The molecule has 0 aromatic heterocycles. The molecule has 1 aromatic carbocycles. The molecule has 0 radical (unpaired) electrons. The van der Waals surface area contributed by atoms with Crippen molar-refractivity contribution in [3.63, 3.8) is 0 Å². The lowest BCUT2D eigenvalue weighted by molar-refractivity contribution is -0.904. The number of hydrogen-bond acceptors (Lipinski definition) is 4. The molecule has 0 atom stereocenters. The Morgan fingerprint density at radius 1 is 1.18 bits per heavy atom. The standard InChI is InChI=1S/C20H31N3O4S/c1-17-6-7-18(28(25,26)23-12-14-27-15-13-23)16-19(17)20(24)21-8-5-11-22-9-3-2-4-10-22/h6-7,16H,2-5,8-15H2,1H3,(H,21,24)/p+1. The van der Waals surface area contributed by atoms with Gasteiger partial charge >= 0.3 is 0 Å². The average Bonchev–Trinajstić information content (AvgIpc) is 2.72. The van der Waals surface area contributed by atoms with Crippen molar-refractivity contribution >= 4 is 15.9 Å². The number of nitrogens with zero attached hydrogens (tertiary/aromatic N) is 1. The second-order valence-corrected chi connectivity index (χ2v) is 9.60. The Kier molecular flexibility index (Phi) is 7.45. The van der Waals surface area contributed by atoms with Crippen LogP contribution in [0, 0.1) is 6.92 Å². The molecule has 8 heteroatoms. The van der Waals surface area contributed by atoms with Crippen LogP contribution < -0.4 is 10.2 Å². The van der Waals surface area contributed by atoms with Crippen molar-refractivity contribution in [2.24, 2.45) is 0 Å². The number of morpholine rings is 1. The normalized spacial score (nSPS) is 19.5. The maximum absolute atomic E-state index is 12.8. The Bertz CT molecular complexity index is 770. The van der Waals surface area contributed by atoms with Crippen LogP contribution in [0.5, 0.6) is 0 Å². The topological polar surface area (TPSA) is 80.1 Å². The molecule has 2 aliphatic rings. The largest absolute Gasteiger partial charge is 0.379 e. The lowest BCUT2D eigenvalue weighted by Gasteiger charge is -2.26. The van der Waals surface area contributed by atoms with Crippen LogP contribution in [0.3, 0.4) is 0 Å². The van der Waals surface area contributed by atoms with Gasteiger partial charge < -0.3 is 15.0 Å². The third-order valence-electron chi connectivity index (χ3n) is 5.61. The Morgan fingerprint density at radius 3 is 2.61 bits per heavy atom. The number of carbonyl (C=O) groups is 1. The van der Waals surface area contributed by atoms with Crippen LogP contribution in [0.15, 0.2) is 23.1 Å². The fourth-order valence-corrected chi connectivity index (χ4v) is 5.31. The molecule has 1 aromatic rings. The minimum atomic E-state index is -3.60. The minimum Gasteiger partial charge on any atom is -0.379 e. The quantitative estimate of drug-likeness (QED) is 0.630. The van der Waals surface area contributed by atoms with E-state index in [2.05, 4.69) is 5.32 Å². The van der Waals surface area contributed by atoms with Crippen LogP contribution >= 0.6 is 0 Å². The summed E-state index contributed by atoms with van der Waals surface area (Å²) in [6.07, 6.45) is 4.87. The lowest BCUT2D eigenvalue weighted by atomic mass is 10.1. The van der Waals surface area contributed by atoms with E-state index in [1.807, 2.05) is 6.92 Å². The monoisotopic (exact) mass is 410 g/mol. The number of sulfonamides is 1. The first kappa shape index (κ1) is 21.2. The predicted molar refractivity (Wildman–Crippen MR) is 107 cm³/mol. The molecule has 1 amide bonds. The van der Waals surface area contributed by atoms with Crippen molar-refractivity contribution in [2.75, 3.05) is 52.5 Å². The zero-order valence-corrected chi connectivity index (χ0v) is 17.5. The maximum Gasteiger partial charge on any atom is 0.251 e. The first-order chi connectivity index (χ1) is 13.5. The highest BCUT2D eigenvalue weighted by molar-refractivity contribution is 7.89. The van der Waals surface area contributed by atoms with Gasteiger partial charge in [0.1, 0.15) is 0 Å². The van der Waals surface area contributed by atoms with Crippen LogP contribution in [0.25, 0.3) is 0 Å². The number of hydrogen-bond donors (Lipinski definition) is 2. The Balaban J connectivity index is 1.59. The smallest absolute Gasteiger partial charge is 0.251 e. The Labute approximate surface area is 168 Å². The number of benzene rings is 1. The molecule has 7 nitrogen and oxygen atoms in total. The summed E-state index contributed by atoms with van der Waals surface area (Å²) in [4.78, 5) is 14.4. The molecule has 156 valence electrons. The number of rotatable bonds is 7. The van der Waals surface area contributed by atoms with E-state index in [0.717, 1.165) is 18.5 Å². The average molecular weight is 411 g/mol. The molecule has 0 unspecified atom stereocenters. The fraction of sp³-hybridized carbons (Fsp3) is 0.650. The summed E-state index contributed by atoms with van der Waals surface area (Å²) in [5, 5.41) is 2.96. The molecule has 2 aliphatic heterocycles. The Morgan fingerprint density at radius 2 is 1.89 bits per heavy atom. The lowest BCUT2D eigenvalue weighted by Crippen LogP contribution is -3.12. The minimum absolute atomic E-state index is 0.169. The number of carbonyl (C=O) groups excluding carboxylic acids is 1. The van der Waals surface area contributed by atoms with Gasteiger partial charge in [-0.2, -0.15) is 4.31 Å². The van der Waals surface area contributed by atoms with E-state index in [1.54, 1.807) is 17.0 Å². The summed E-state index contributed by atoms with van der Waals surface area (Å²) in [6, 6.07) is 4.79. The first-order valence-corrected chi connectivity index (χ1v) is 11.7. The van der Waals surface area contributed by atoms with Crippen LogP contribution in [0.2, 0.25) is 0 Å². The van der Waals surface area contributed by atoms with Crippen molar-refractivity contribution in [1.82, 2.24) is 9.62 Å². The molecule has 0 bridgehead atoms. The van der Waals surface area contributed by atoms with Gasteiger partial charge in [0.25, 0.3) is 5.91 Å². The van der Waals surface area contributed by atoms with Crippen LogP contribution in [-0.4, -0.2) is 71.1 Å². The number of aryl methyl sites for hydroxylation is 1. The molecule has 0 spiro atoms. The highest BCUT2D eigenvalue weighted by Gasteiger charge is 2.27. The Hall–Kier alpha value is -1.48. The molecular formula is C20H32N3O4S+. The molecule has 28 heavy (non-hydrogen) atoms. The van der Waals surface area contributed by atoms with Gasteiger partial charge in [-0.3, -0.25) is 4.79 Å². The first-order valence-electron chi connectivity index (χ1n) is 10.3. The molecule has 0 aliphatic carbocycles. The van der Waals surface area contributed by atoms with Crippen molar-refractivity contribution in [2.45, 2.75) is 37.5 Å².